The number of fused-ring (bicyclic) bond motifs is 24. The Kier molecular flexibility index (Phi) is 15.8. The normalized spacial score (nSPS) is 12.0. The lowest BCUT2D eigenvalue weighted by Gasteiger charge is -2.16. The van der Waals surface area contributed by atoms with Gasteiger partial charge in [0.25, 0.3) is 0 Å². The van der Waals surface area contributed by atoms with E-state index in [1.807, 2.05) is 48.5 Å². The van der Waals surface area contributed by atoms with E-state index in [0.717, 1.165) is 137 Å². The van der Waals surface area contributed by atoms with Crippen LogP contribution in [-0.4, -0.2) is 44.6 Å². The number of hydrogen-bond donors (Lipinski definition) is 2. The molecule has 26 rings (SSSR count). The minimum Gasteiger partial charge on any atom is -0.456 e. The molecule has 12 heteroatoms. The molecule has 0 aliphatic heterocycles. The van der Waals surface area contributed by atoms with Crippen molar-refractivity contribution in [3.63, 3.8) is 0 Å². The SMILES string of the molecule is Brc1ccc2oc3ccc(-n4c5ccccc5c5ccccc54)cc3c2c1.OB(O)c1cc(-n2c3ccccc3c3ccccc32)cc(-n2c3ccccc3c3ccccc32)c1.c1ccc2c(c1)c1ccccc1n2-c1cc(-c2ccc3oc4ccc(-n5c6ccccc6c6ccccc65)cc4c3c2)cc(-n2c3ccccc3c3ccccc32)c1. The third-order valence-electron chi connectivity index (χ3n) is 24.4. The molecule has 0 fully saturated rings. The molecule has 8 heterocycles. The van der Waals surface area contributed by atoms with Gasteiger partial charge in [-0.3, -0.25) is 0 Å². The Balaban J connectivity index is 0.000000112. The predicted octanol–water partition coefficient (Wildman–Crippen LogP) is 27.6. The van der Waals surface area contributed by atoms with Gasteiger partial charge in [-0.2, -0.15) is 0 Å². The summed E-state index contributed by atoms with van der Waals surface area (Å²) in [6.45, 7) is 0. The lowest BCUT2D eigenvalue weighted by Crippen LogP contribution is -2.30. The van der Waals surface area contributed by atoms with Crippen LogP contribution in [0.3, 0.4) is 0 Å². The van der Waals surface area contributed by atoms with Crippen molar-refractivity contribution >= 4 is 203 Å². The van der Waals surface area contributed by atoms with Crippen LogP contribution in [-0.2, 0) is 0 Å². The van der Waals surface area contributed by atoms with Crippen molar-refractivity contribution in [3.05, 3.63) is 405 Å². The van der Waals surface area contributed by atoms with Crippen LogP contribution in [0, 0.1) is 0 Å². The summed E-state index contributed by atoms with van der Waals surface area (Å²) >= 11 is 3.58. The minimum atomic E-state index is -1.59. The molecular weight excluding hydrogens is 1540 g/mol. The highest BCUT2D eigenvalue weighted by atomic mass is 79.9. The quantitative estimate of drug-likeness (QED) is 0.148. The zero-order valence-corrected chi connectivity index (χ0v) is 66.0. The Morgan fingerprint density at radius 2 is 0.400 bits per heavy atom. The van der Waals surface area contributed by atoms with Crippen molar-refractivity contribution in [2.75, 3.05) is 0 Å². The standard InChI is InChI=1S/C54H33N3O.C30H21BN2O2.C24H14BrNO/c1-7-19-47-39(13-1)40-14-2-8-20-48(40)55(47)36-26-28-54-46(33-36)45-31-34(25-27-53(45)58-54)35-29-37(56-49-21-9-3-15-41(49)42-16-4-10-22-50(42)56)32-38(30-35)57-51-23-11-5-17-43(51)44-18-6-12-24-52(44)57;34-31(35)20-17-21(32-27-13-5-1-9-23(27)24-10-2-6-14-28(24)32)19-22(18-20)33-29-15-7-3-11-25(29)26-12-4-8-16-30(26)33;25-15-9-11-23-19(13-15)20-14-16(10-12-24(20)27-23)26-21-7-3-1-5-17(21)18-6-2-4-8-22(18)26/h1-33H;1-19,34-35H;1-14H. The summed E-state index contributed by atoms with van der Waals surface area (Å²) in [7, 11) is -1.59. The molecule has 0 saturated carbocycles. The van der Waals surface area contributed by atoms with Gasteiger partial charge in [-0.05, 0) is 193 Å². The minimum absolute atomic E-state index is 0.446. The van der Waals surface area contributed by atoms with E-state index in [1.54, 1.807) is 0 Å². The smallest absolute Gasteiger partial charge is 0.456 e. The number of rotatable bonds is 8. The number of halogens is 1. The zero-order valence-electron chi connectivity index (χ0n) is 64.5. The summed E-state index contributed by atoms with van der Waals surface area (Å²) in [6.07, 6.45) is 0. The average molecular weight is 1600 g/mol. The van der Waals surface area contributed by atoms with E-state index in [-0.39, 0.29) is 0 Å². The van der Waals surface area contributed by atoms with Gasteiger partial charge in [0, 0.05) is 125 Å². The summed E-state index contributed by atoms with van der Waals surface area (Å²) in [4.78, 5) is 0. The summed E-state index contributed by atoms with van der Waals surface area (Å²) in [5, 5.41) is 39.6. The summed E-state index contributed by atoms with van der Waals surface area (Å²) in [5.41, 5.74) is 26.3. The molecule has 26 aromatic rings. The van der Waals surface area contributed by atoms with Crippen molar-refractivity contribution < 1.29 is 18.9 Å². The molecule has 120 heavy (non-hydrogen) atoms. The molecule has 8 aromatic heterocycles. The Morgan fingerprint density at radius 1 is 0.183 bits per heavy atom. The molecule has 10 nitrogen and oxygen atoms in total. The highest BCUT2D eigenvalue weighted by molar-refractivity contribution is 9.10. The van der Waals surface area contributed by atoms with Gasteiger partial charge in [0.1, 0.15) is 22.3 Å². The fourth-order valence-corrected chi connectivity index (χ4v) is 19.6. The van der Waals surface area contributed by atoms with Crippen molar-refractivity contribution in [3.8, 4) is 45.3 Å². The summed E-state index contributed by atoms with van der Waals surface area (Å²) in [5.74, 6) is 0. The van der Waals surface area contributed by atoms with E-state index in [2.05, 4.69) is 395 Å². The topological polar surface area (TPSA) is 96.3 Å². The van der Waals surface area contributed by atoms with E-state index >= 15 is 0 Å². The summed E-state index contributed by atoms with van der Waals surface area (Å²) in [6, 6.07) is 142. The monoisotopic (exact) mass is 1600 g/mol. The number of para-hydroxylation sites is 12. The molecule has 0 aliphatic rings. The maximum Gasteiger partial charge on any atom is 0.488 e. The van der Waals surface area contributed by atoms with Crippen molar-refractivity contribution in [1.82, 2.24) is 27.4 Å². The number of benzene rings is 18. The second-order valence-electron chi connectivity index (χ2n) is 31.0. The Hall–Kier alpha value is -15.2. The van der Waals surface area contributed by atoms with E-state index < -0.39 is 7.12 Å². The van der Waals surface area contributed by atoms with E-state index in [4.69, 9.17) is 8.83 Å². The molecule has 0 atom stereocenters. The first-order valence-corrected chi connectivity index (χ1v) is 41.2. The number of nitrogens with zero attached hydrogens (tertiary/aromatic N) is 6. The first kappa shape index (κ1) is 69.2. The number of furan rings is 2. The van der Waals surface area contributed by atoms with Crippen LogP contribution in [0.15, 0.2) is 414 Å². The summed E-state index contributed by atoms with van der Waals surface area (Å²) < 4.78 is 27.6. The van der Waals surface area contributed by atoms with E-state index in [0.29, 0.717) is 5.46 Å². The Bertz CT molecular complexity index is 8140. The van der Waals surface area contributed by atoms with Gasteiger partial charge in [0.15, 0.2) is 0 Å². The maximum absolute atomic E-state index is 10.3. The zero-order chi connectivity index (χ0) is 79.4. The molecule has 2 N–H and O–H groups in total. The van der Waals surface area contributed by atoms with Crippen molar-refractivity contribution in [1.29, 1.82) is 0 Å². The lowest BCUT2D eigenvalue weighted by molar-refractivity contribution is 0.425. The van der Waals surface area contributed by atoms with E-state index in [1.165, 1.54) is 87.2 Å². The molecular formula is C108H68BBrN6O4. The second-order valence-corrected chi connectivity index (χ2v) is 31.9. The maximum atomic E-state index is 10.3. The van der Waals surface area contributed by atoms with Crippen LogP contribution >= 0.6 is 15.9 Å². The van der Waals surface area contributed by atoms with Crippen molar-refractivity contribution in [2.45, 2.75) is 0 Å². The first-order valence-electron chi connectivity index (χ1n) is 40.4. The molecule has 0 saturated heterocycles. The van der Waals surface area contributed by atoms with Crippen LogP contribution < -0.4 is 5.46 Å². The first-order chi connectivity index (χ1) is 59.3. The molecule has 18 aromatic carbocycles. The van der Waals surface area contributed by atoms with Crippen molar-refractivity contribution in [2.24, 2.45) is 0 Å². The molecule has 0 bridgehead atoms. The van der Waals surface area contributed by atoms with Crippen LogP contribution in [0.2, 0.25) is 0 Å². The highest BCUT2D eigenvalue weighted by Crippen LogP contribution is 2.44. The van der Waals surface area contributed by atoms with Gasteiger partial charge >= 0.3 is 7.12 Å². The molecule has 0 aliphatic carbocycles. The fourth-order valence-electron chi connectivity index (χ4n) is 19.2. The van der Waals surface area contributed by atoms with Crippen LogP contribution in [0.25, 0.3) is 220 Å². The van der Waals surface area contributed by atoms with Gasteiger partial charge in [-0.1, -0.05) is 240 Å². The molecule has 0 spiro atoms. The molecule has 0 unspecified atom stereocenters. The van der Waals surface area contributed by atoms with E-state index in [9.17, 15) is 10.0 Å². The van der Waals surface area contributed by atoms with Crippen LogP contribution in [0.5, 0.6) is 0 Å². The van der Waals surface area contributed by atoms with Gasteiger partial charge in [0.05, 0.1) is 66.2 Å². The number of aromatic nitrogens is 6. The highest BCUT2D eigenvalue weighted by Gasteiger charge is 2.24. The predicted molar refractivity (Wildman–Crippen MR) is 503 cm³/mol. The van der Waals surface area contributed by atoms with Crippen LogP contribution in [0.1, 0.15) is 0 Å². The van der Waals surface area contributed by atoms with Gasteiger partial charge in [-0.25, -0.2) is 0 Å². The van der Waals surface area contributed by atoms with Gasteiger partial charge < -0.3 is 46.3 Å². The number of hydrogen-bond acceptors (Lipinski definition) is 4. The fraction of sp³-hybridized carbons (Fsp3) is 0. The second kappa shape index (κ2) is 27.5. The Morgan fingerprint density at radius 3 is 0.667 bits per heavy atom. The Labute approximate surface area is 694 Å². The van der Waals surface area contributed by atoms with Gasteiger partial charge in [-0.15, -0.1) is 0 Å². The largest absolute Gasteiger partial charge is 0.488 e. The van der Waals surface area contributed by atoms with Crippen LogP contribution in [0.4, 0.5) is 0 Å². The third-order valence-corrected chi connectivity index (χ3v) is 24.8. The molecule has 0 amide bonds. The third kappa shape index (κ3) is 10.9. The lowest BCUT2D eigenvalue weighted by atomic mass is 9.80. The van der Waals surface area contributed by atoms with Gasteiger partial charge in [0.2, 0.25) is 0 Å². The molecule has 0 radical (unpaired) electrons. The average Bonchev–Trinajstić information content (AvgIpc) is 1.49. The molecule has 564 valence electrons.